The average molecular weight is 197 g/mol. The summed E-state index contributed by atoms with van der Waals surface area (Å²) in [6.45, 7) is 2.60. The predicted molar refractivity (Wildman–Crippen MR) is 51.7 cm³/mol. The number of nitrogens with zero attached hydrogens (tertiary/aromatic N) is 1. The van der Waals surface area contributed by atoms with Crippen molar-refractivity contribution in [3.05, 3.63) is 11.6 Å². The van der Waals surface area contributed by atoms with E-state index in [1.165, 1.54) is 0 Å². The maximum atomic E-state index is 10.4. The summed E-state index contributed by atoms with van der Waals surface area (Å²) in [5.41, 5.74) is 0.363. The molecule has 0 aliphatic rings. The second-order valence-corrected chi connectivity index (χ2v) is 2.86. The Balaban J connectivity index is 3.34. The van der Waals surface area contributed by atoms with Crippen molar-refractivity contribution in [3.8, 4) is 6.07 Å². The molecule has 0 saturated heterocycles. The number of unbranched alkanes of at least 4 members (excludes halogenated alkanes) is 1. The van der Waals surface area contributed by atoms with Gasteiger partial charge in [-0.3, -0.25) is 0 Å². The summed E-state index contributed by atoms with van der Waals surface area (Å²) in [7, 11) is 0. The first-order valence-electron chi connectivity index (χ1n) is 4.53. The first-order valence-corrected chi connectivity index (χ1v) is 4.53. The second-order valence-electron chi connectivity index (χ2n) is 2.86. The normalized spacial score (nSPS) is 11.0. The van der Waals surface area contributed by atoms with Crippen molar-refractivity contribution in [2.45, 2.75) is 26.2 Å². The van der Waals surface area contributed by atoms with Crippen molar-refractivity contribution in [1.82, 2.24) is 0 Å². The number of aliphatic carboxylic acids is 1. The molecular formula is C10H15NO3. The van der Waals surface area contributed by atoms with Crippen molar-refractivity contribution in [2.24, 2.45) is 0 Å². The van der Waals surface area contributed by atoms with Crippen LogP contribution < -0.4 is 0 Å². The minimum Gasteiger partial charge on any atom is -0.478 e. The van der Waals surface area contributed by atoms with Crippen LogP contribution in [0.3, 0.4) is 0 Å². The fourth-order valence-corrected chi connectivity index (χ4v) is 0.811. The van der Waals surface area contributed by atoms with Gasteiger partial charge in [-0.05, 0) is 19.8 Å². The summed E-state index contributed by atoms with van der Waals surface area (Å²) in [5.74, 6) is -0.879. The van der Waals surface area contributed by atoms with Crippen molar-refractivity contribution < 1.29 is 14.6 Å². The molecule has 0 atom stereocenters. The number of allylic oxidation sites excluding steroid dienone is 1. The number of carbonyl (C=O) groups is 1. The van der Waals surface area contributed by atoms with Crippen LogP contribution in [-0.4, -0.2) is 24.3 Å². The van der Waals surface area contributed by atoms with E-state index in [9.17, 15) is 4.79 Å². The Morgan fingerprint density at radius 1 is 1.57 bits per heavy atom. The van der Waals surface area contributed by atoms with Gasteiger partial charge in [-0.15, -0.1) is 0 Å². The largest absolute Gasteiger partial charge is 0.478 e. The lowest BCUT2D eigenvalue weighted by Gasteiger charge is -1.99. The zero-order chi connectivity index (χ0) is 10.8. The van der Waals surface area contributed by atoms with Crippen LogP contribution in [0.2, 0.25) is 0 Å². The van der Waals surface area contributed by atoms with Crippen LogP contribution in [-0.2, 0) is 9.53 Å². The number of rotatable bonds is 7. The van der Waals surface area contributed by atoms with Gasteiger partial charge in [-0.1, -0.05) is 6.08 Å². The number of ether oxygens (including phenoxy) is 1. The third kappa shape index (κ3) is 7.32. The molecule has 4 heteroatoms. The van der Waals surface area contributed by atoms with Crippen LogP contribution in [0, 0.1) is 11.3 Å². The van der Waals surface area contributed by atoms with E-state index >= 15 is 0 Å². The summed E-state index contributed by atoms with van der Waals surface area (Å²) in [5, 5.41) is 16.7. The Labute approximate surface area is 83.8 Å². The van der Waals surface area contributed by atoms with E-state index in [-0.39, 0.29) is 0 Å². The highest BCUT2D eigenvalue weighted by atomic mass is 16.5. The Morgan fingerprint density at radius 3 is 2.86 bits per heavy atom. The molecule has 0 saturated carbocycles. The van der Waals surface area contributed by atoms with E-state index in [0.29, 0.717) is 31.6 Å². The lowest BCUT2D eigenvalue weighted by molar-refractivity contribution is -0.132. The number of carboxylic acid groups (broad SMARTS) is 1. The molecule has 4 nitrogen and oxygen atoms in total. The maximum Gasteiger partial charge on any atom is 0.330 e. The summed E-state index contributed by atoms with van der Waals surface area (Å²) in [6, 6.07) is 1.98. The topological polar surface area (TPSA) is 70.3 Å². The van der Waals surface area contributed by atoms with Gasteiger partial charge >= 0.3 is 5.97 Å². The molecule has 0 heterocycles. The van der Waals surface area contributed by atoms with E-state index in [1.54, 1.807) is 13.0 Å². The highest BCUT2D eigenvalue weighted by molar-refractivity contribution is 5.85. The van der Waals surface area contributed by atoms with Gasteiger partial charge in [-0.25, -0.2) is 4.79 Å². The summed E-state index contributed by atoms with van der Waals surface area (Å²) >= 11 is 0. The predicted octanol–water partition coefficient (Wildman–Crippen LogP) is 1.73. The highest BCUT2D eigenvalue weighted by Gasteiger charge is 1.97. The Morgan fingerprint density at radius 2 is 2.29 bits per heavy atom. The molecule has 0 aromatic rings. The van der Waals surface area contributed by atoms with Crippen LogP contribution in [0.1, 0.15) is 26.2 Å². The highest BCUT2D eigenvalue weighted by Crippen LogP contribution is 1.99. The third-order valence-electron chi connectivity index (χ3n) is 1.64. The molecule has 0 rings (SSSR count). The van der Waals surface area contributed by atoms with Crippen LogP contribution >= 0.6 is 0 Å². The third-order valence-corrected chi connectivity index (χ3v) is 1.64. The fourth-order valence-electron chi connectivity index (χ4n) is 0.811. The number of hydrogen-bond acceptors (Lipinski definition) is 3. The van der Waals surface area contributed by atoms with Gasteiger partial charge < -0.3 is 9.84 Å². The Kier molecular flexibility index (Phi) is 7.48. The monoisotopic (exact) mass is 197 g/mol. The number of nitriles is 1. The molecule has 0 spiro atoms. The van der Waals surface area contributed by atoms with Crippen LogP contribution in [0.15, 0.2) is 11.6 Å². The second kappa shape index (κ2) is 8.27. The van der Waals surface area contributed by atoms with Gasteiger partial charge in [0.05, 0.1) is 19.1 Å². The lowest BCUT2D eigenvalue weighted by atomic mass is 10.2. The van der Waals surface area contributed by atoms with Crippen molar-refractivity contribution in [1.29, 1.82) is 5.26 Å². The molecule has 0 aromatic carbocycles. The van der Waals surface area contributed by atoms with Crippen molar-refractivity contribution in [2.75, 3.05) is 13.2 Å². The molecular weight excluding hydrogens is 182 g/mol. The quantitative estimate of drug-likeness (QED) is 0.498. The van der Waals surface area contributed by atoms with E-state index in [0.717, 1.165) is 6.42 Å². The van der Waals surface area contributed by atoms with Crippen molar-refractivity contribution in [3.63, 3.8) is 0 Å². The fraction of sp³-hybridized carbons (Fsp3) is 0.600. The first kappa shape index (κ1) is 12.7. The molecule has 0 aliphatic heterocycles. The maximum absolute atomic E-state index is 10.4. The standard InChI is InChI=1S/C10H15NO3/c1-9(10(12)13)5-2-3-7-14-8-4-6-11/h5H,2-4,7-8H2,1H3,(H,12,13). The van der Waals surface area contributed by atoms with E-state index in [4.69, 9.17) is 15.1 Å². The zero-order valence-corrected chi connectivity index (χ0v) is 8.32. The zero-order valence-electron chi connectivity index (χ0n) is 8.32. The van der Waals surface area contributed by atoms with Gasteiger partial charge in [-0.2, -0.15) is 5.26 Å². The van der Waals surface area contributed by atoms with Gasteiger partial charge in [0.15, 0.2) is 0 Å². The lowest BCUT2D eigenvalue weighted by Crippen LogP contribution is -1.98. The van der Waals surface area contributed by atoms with E-state index in [1.807, 2.05) is 6.07 Å². The minimum absolute atomic E-state index is 0.363. The molecule has 0 amide bonds. The summed E-state index contributed by atoms with van der Waals surface area (Å²) < 4.78 is 5.12. The van der Waals surface area contributed by atoms with Gasteiger partial charge in [0.2, 0.25) is 0 Å². The molecule has 1 N–H and O–H groups in total. The summed E-state index contributed by atoms with van der Waals surface area (Å²) in [6.07, 6.45) is 3.57. The average Bonchev–Trinajstić information content (AvgIpc) is 2.16. The SMILES string of the molecule is CC(=CCCCOCCC#N)C(=O)O. The molecule has 0 fully saturated rings. The van der Waals surface area contributed by atoms with Crippen LogP contribution in [0.4, 0.5) is 0 Å². The smallest absolute Gasteiger partial charge is 0.330 e. The van der Waals surface area contributed by atoms with Crippen LogP contribution in [0.5, 0.6) is 0 Å². The molecule has 0 aliphatic carbocycles. The van der Waals surface area contributed by atoms with Gasteiger partial charge in [0, 0.05) is 12.2 Å². The van der Waals surface area contributed by atoms with Crippen molar-refractivity contribution >= 4 is 5.97 Å². The van der Waals surface area contributed by atoms with Gasteiger partial charge in [0.25, 0.3) is 0 Å². The van der Waals surface area contributed by atoms with Gasteiger partial charge in [0.1, 0.15) is 0 Å². The molecule has 0 bridgehead atoms. The number of hydrogen-bond donors (Lipinski definition) is 1. The summed E-state index contributed by atoms with van der Waals surface area (Å²) in [4.78, 5) is 10.4. The minimum atomic E-state index is -0.879. The Bertz CT molecular complexity index is 240. The molecule has 78 valence electrons. The molecule has 0 aromatic heterocycles. The van der Waals surface area contributed by atoms with Crippen LogP contribution in [0.25, 0.3) is 0 Å². The number of carboxylic acids is 1. The molecule has 0 unspecified atom stereocenters. The van der Waals surface area contributed by atoms with E-state index in [2.05, 4.69) is 0 Å². The first-order chi connectivity index (χ1) is 6.68. The Hall–Kier alpha value is -1.34. The molecule has 14 heavy (non-hydrogen) atoms. The van der Waals surface area contributed by atoms with E-state index < -0.39 is 5.97 Å². The molecule has 0 radical (unpaired) electrons.